The lowest BCUT2D eigenvalue weighted by molar-refractivity contribution is -0.274. The third-order valence-corrected chi connectivity index (χ3v) is 6.91. The van der Waals surface area contributed by atoms with Crippen LogP contribution in [0.2, 0.25) is 10.0 Å². The Bertz CT molecular complexity index is 1800. The summed E-state index contributed by atoms with van der Waals surface area (Å²) in [5, 5.41) is 17.8. The Balaban J connectivity index is 1.50. The van der Waals surface area contributed by atoms with Crippen LogP contribution in [0.3, 0.4) is 0 Å². The number of carboxylic acid groups (broad SMARTS) is 1. The van der Waals surface area contributed by atoms with Crippen LogP contribution in [-0.4, -0.2) is 39.7 Å². The molecule has 2 N–H and O–H groups in total. The van der Waals surface area contributed by atoms with Crippen molar-refractivity contribution in [2.75, 3.05) is 6.54 Å². The molecule has 0 spiro atoms. The third kappa shape index (κ3) is 7.46. The van der Waals surface area contributed by atoms with Gasteiger partial charge in [0, 0.05) is 38.7 Å². The number of aliphatic carboxylic acids is 1. The largest absolute Gasteiger partial charge is 0.573 e. The summed E-state index contributed by atoms with van der Waals surface area (Å²) < 4.78 is 44.8. The fraction of sp³-hybridized carbons (Fsp3) is 0.129. The zero-order chi connectivity index (χ0) is 30.7. The lowest BCUT2D eigenvalue weighted by Crippen LogP contribution is -2.25. The standard InChI is InChI=1S/C31H22Cl2F3N3O4/c32-23-13-22(14-24(33)15-23)26-16-27(21-8-9-25-20(12-21)2-1-3-28(25)43-31(34,35)36)39(38-26)17-18-4-6-19(7-5-18)30(42)37-11-10-29(40)41/h1-9,12-16H,10-11,17H2,(H,37,42)(H,40,41). The number of carbonyl (C=O) groups is 2. The highest BCUT2D eigenvalue weighted by Crippen LogP contribution is 2.35. The molecule has 43 heavy (non-hydrogen) atoms. The second-order valence-electron chi connectivity index (χ2n) is 9.57. The number of nitrogens with zero attached hydrogens (tertiary/aromatic N) is 2. The van der Waals surface area contributed by atoms with Crippen molar-refractivity contribution < 1.29 is 32.6 Å². The molecule has 0 fully saturated rings. The maximum atomic E-state index is 13.0. The number of carboxylic acids is 1. The summed E-state index contributed by atoms with van der Waals surface area (Å²) in [6.07, 6.45) is -5.01. The summed E-state index contributed by atoms with van der Waals surface area (Å²) in [6.45, 7) is 0.304. The Labute approximate surface area is 253 Å². The summed E-state index contributed by atoms with van der Waals surface area (Å²) in [7, 11) is 0. The third-order valence-electron chi connectivity index (χ3n) is 6.47. The summed E-state index contributed by atoms with van der Waals surface area (Å²) in [5.41, 5.74) is 3.79. The van der Waals surface area contributed by atoms with Crippen molar-refractivity contribution in [1.29, 1.82) is 0 Å². The molecule has 5 aromatic rings. The minimum Gasteiger partial charge on any atom is -0.481 e. The van der Waals surface area contributed by atoms with Crippen molar-refractivity contribution in [1.82, 2.24) is 15.1 Å². The number of aromatic nitrogens is 2. The molecule has 4 aromatic carbocycles. The number of ether oxygens (including phenoxy) is 1. The van der Waals surface area contributed by atoms with E-state index in [0.717, 1.165) is 5.56 Å². The first-order valence-electron chi connectivity index (χ1n) is 12.9. The quantitative estimate of drug-likeness (QED) is 0.174. The molecule has 0 unspecified atom stereocenters. The van der Waals surface area contributed by atoms with Crippen LogP contribution in [0.1, 0.15) is 22.3 Å². The van der Waals surface area contributed by atoms with E-state index in [1.807, 2.05) is 6.07 Å². The van der Waals surface area contributed by atoms with Crippen LogP contribution in [0, 0.1) is 0 Å². The highest BCUT2D eigenvalue weighted by Gasteiger charge is 2.31. The number of benzene rings is 4. The summed E-state index contributed by atoms with van der Waals surface area (Å²) in [4.78, 5) is 23.0. The number of halogens is 5. The first kappa shape index (κ1) is 29.9. The van der Waals surface area contributed by atoms with Gasteiger partial charge in [-0.15, -0.1) is 13.2 Å². The highest BCUT2D eigenvalue weighted by molar-refractivity contribution is 6.35. The van der Waals surface area contributed by atoms with Gasteiger partial charge in [0.15, 0.2) is 0 Å². The van der Waals surface area contributed by atoms with Crippen molar-refractivity contribution in [3.8, 4) is 28.3 Å². The first-order valence-corrected chi connectivity index (χ1v) is 13.6. The average Bonchev–Trinajstić information content (AvgIpc) is 3.35. The topological polar surface area (TPSA) is 93.5 Å². The lowest BCUT2D eigenvalue weighted by atomic mass is 10.0. The summed E-state index contributed by atoms with van der Waals surface area (Å²) in [5.74, 6) is -1.70. The average molecular weight is 628 g/mol. The van der Waals surface area contributed by atoms with Gasteiger partial charge in [0.2, 0.25) is 0 Å². The van der Waals surface area contributed by atoms with E-state index >= 15 is 0 Å². The van der Waals surface area contributed by atoms with E-state index in [4.69, 9.17) is 33.4 Å². The SMILES string of the molecule is O=C(O)CCNC(=O)c1ccc(Cn2nc(-c3cc(Cl)cc(Cl)c3)cc2-c2ccc3c(OC(F)(F)F)cccc3c2)cc1. The number of fused-ring (bicyclic) bond motifs is 1. The van der Waals surface area contributed by atoms with Gasteiger partial charge in [-0.05, 0) is 65.5 Å². The van der Waals surface area contributed by atoms with E-state index < -0.39 is 18.2 Å². The molecule has 1 aromatic heterocycles. The minimum atomic E-state index is -4.83. The predicted octanol–water partition coefficient (Wildman–Crippen LogP) is 7.83. The molecule has 0 radical (unpaired) electrons. The molecule has 5 rings (SSSR count). The zero-order valence-electron chi connectivity index (χ0n) is 22.2. The van der Waals surface area contributed by atoms with Gasteiger partial charge in [-0.1, -0.05) is 53.5 Å². The van der Waals surface area contributed by atoms with Crippen molar-refractivity contribution in [2.45, 2.75) is 19.3 Å². The fourth-order valence-corrected chi connectivity index (χ4v) is 5.08. The van der Waals surface area contributed by atoms with Crippen LogP contribution in [0.4, 0.5) is 13.2 Å². The monoisotopic (exact) mass is 627 g/mol. The molecule has 0 bridgehead atoms. The first-order chi connectivity index (χ1) is 20.4. The number of nitrogens with one attached hydrogen (secondary N) is 1. The molecule has 0 saturated carbocycles. The number of amides is 1. The number of hydrogen-bond acceptors (Lipinski definition) is 4. The molecule has 0 aliphatic rings. The zero-order valence-corrected chi connectivity index (χ0v) is 23.7. The normalized spacial score (nSPS) is 11.5. The minimum absolute atomic E-state index is 0.0123. The van der Waals surface area contributed by atoms with E-state index in [9.17, 15) is 22.8 Å². The lowest BCUT2D eigenvalue weighted by Gasteiger charge is -2.13. The van der Waals surface area contributed by atoms with E-state index in [2.05, 4.69) is 10.1 Å². The Morgan fingerprint density at radius 3 is 2.30 bits per heavy atom. The van der Waals surface area contributed by atoms with Crippen molar-refractivity contribution in [3.05, 3.63) is 106 Å². The fourth-order valence-electron chi connectivity index (χ4n) is 4.56. The summed E-state index contributed by atoms with van der Waals surface area (Å²) >= 11 is 12.5. The van der Waals surface area contributed by atoms with Gasteiger partial charge in [0.1, 0.15) is 5.75 Å². The number of rotatable bonds is 9. The van der Waals surface area contributed by atoms with Crippen molar-refractivity contribution >= 4 is 45.9 Å². The number of alkyl halides is 3. The van der Waals surface area contributed by atoms with Crippen LogP contribution >= 0.6 is 23.2 Å². The second-order valence-corrected chi connectivity index (χ2v) is 10.4. The van der Waals surface area contributed by atoms with Crippen molar-refractivity contribution in [3.63, 3.8) is 0 Å². The molecule has 0 saturated heterocycles. The number of carbonyl (C=O) groups excluding carboxylic acids is 1. The maximum Gasteiger partial charge on any atom is 0.573 e. The van der Waals surface area contributed by atoms with E-state index in [1.54, 1.807) is 71.4 Å². The smallest absolute Gasteiger partial charge is 0.481 e. The van der Waals surface area contributed by atoms with Gasteiger partial charge in [-0.25, -0.2) is 0 Å². The van der Waals surface area contributed by atoms with Crippen LogP contribution in [0.5, 0.6) is 5.75 Å². The molecule has 0 atom stereocenters. The van der Waals surface area contributed by atoms with Gasteiger partial charge in [-0.3, -0.25) is 14.3 Å². The Morgan fingerprint density at radius 2 is 1.63 bits per heavy atom. The highest BCUT2D eigenvalue weighted by atomic mass is 35.5. The molecule has 1 amide bonds. The number of hydrogen-bond donors (Lipinski definition) is 2. The molecule has 220 valence electrons. The molecule has 0 aliphatic heterocycles. The molecule has 12 heteroatoms. The molecular formula is C31H22Cl2F3N3O4. The second kappa shape index (κ2) is 12.4. The van der Waals surface area contributed by atoms with E-state index in [-0.39, 0.29) is 18.7 Å². The van der Waals surface area contributed by atoms with Gasteiger partial charge in [0.05, 0.1) is 24.4 Å². The predicted molar refractivity (Wildman–Crippen MR) is 157 cm³/mol. The van der Waals surface area contributed by atoms with E-state index in [1.165, 1.54) is 12.1 Å². The Morgan fingerprint density at radius 1 is 0.907 bits per heavy atom. The van der Waals surface area contributed by atoms with Crippen LogP contribution in [0.15, 0.2) is 84.9 Å². The molecule has 1 heterocycles. The van der Waals surface area contributed by atoms with Gasteiger partial charge >= 0.3 is 12.3 Å². The maximum absolute atomic E-state index is 13.0. The van der Waals surface area contributed by atoms with Gasteiger partial charge < -0.3 is 15.2 Å². The van der Waals surface area contributed by atoms with Gasteiger partial charge in [-0.2, -0.15) is 5.10 Å². The van der Waals surface area contributed by atoms with Crippen LogP contribution < -0.4 is 10.1 Å². The summed E-state index contributed by atoms with van der Waals surface area (Å²) in [6, 6.07) is 23.1. The van der Waals surface area contributed by atoms with Crippen molar-refractivity contribution in [2.24, 2.45) is 0 Å². The van der Waals surface area contributed by atoms with E-state index in [0.29, 0.717) is 55.4 Å². The Hall–Kier alpha value is -4.54. The molecule has 7 nitrogen and oxygen atoms in total. The van der Waals surface area contributed by atoms with Crippen LogP contribution in [-0.2, 0) is 11.3 Å². The Kier molecular flexibility index (Phi) is 8.61. The van der Waals surface area contributed by atoms with Gasteiger partial charge in [0.25, 0.3) is 5.91 Å². The molecular weight excluding hydrogens is 606 g/mol. The molecule has 0 aliphatic carbocycles. The van der Waals surface area contributed by atoms with Crippen LogP contribution in [0.25, 0.3) is 33.3 Å².